The van der Waals surface area contributed by atoms with E-state index in [1.54, 1.807) is 48.5 Å². The van der Waals surface area contributed by atoms with E-state index in [9.17, 15) is 14.4 Å². The lowest BCUT2D eigenvalue weighted by molar-refractivity contribution is -0.127. The minimum absolute atomic E-state index is 0.128. The molecular weight excluding hydrogens is 538 g/mol. The number of anilines is 1. The van der Waals surface area contributed by atoms with Crippen LogP contribution in [0.25, 0.3) is 11.0 Å². The summed E-state index contributed by atoms with van der Waals surface area (Å²) in [6, 6.07) is 17.9. The fourth-order valence-electron chi connectivity index (χ4n) is 5.28. The summed E-state index contributed by atoms with van der Waals surface area (Å²) in [6.45, 7) is 2.08. The normalized spacial score (nSPS) is 15.3. The van der Waals surface area contributed by atoms with Crippen molar-refractivity contribution in [1.82, 2.24) is 20.3 Å². The summed E-state index contributed by atoms with van der Waals surface area (Å²) in [4.78, 5) is 42.8. The zero-order valence-corrected chi connectivity index (χ0v) is 23.8. The van der Waals surface area contributed by atoms with Crippen LogP contribution >= 0.6 is 0 Å². The number of Topliss-reactive ketones (excluding diaryl/α,β-unsaturated/α-hetero) is 1. The first-order valence-electron chi connectivity index (χ1n) is 13.7. The van der Waals surface area contributed by atoms with Crippen molar-refractivity contribution in [2.45, 2.75) is 38.5 Å². The van der Waals surface area contributed by atoms with Crippen LogP contribution in [0.5, 0.6) is 11.5 Å². The van der Waals surface area contributed by atoms with Gasteiger partial charge < -0.3 is 19.5 Å². The van der Waals surface area contributed by atoms with Gasteiger partial charge in [0.15, 0.2) is 17.3 Å². The molecule has 3 aromatic carbocycles. The minimum atomic E-state index is -1.24. The number of carbonyl (C=O) groups is 3. The summed E-state index contributed by atoms with van der Waals surface area (Å²) >= 11 is 0. The SMILES string of the molecule is COc1cccc([C@@H](C(=O)NC[C@H]2CCCO2)N(C(=O)Cn2nnc3ccccc32)c2ccccc2C(C)=O)c1OC. The van der Waals surface area contributed by atoms with Crippen molar-refractivity contribution in [3.8, 4) is 11.5 Å². The topological polar surface area (TPSA) is 125 Å². The molecule has 1 aliphatic heterocycles. The van der Waals surface area contributed by atoms with Crippen molar-refractivity contribution in [3.63, 3.8) is 0 Å². The van der Waals surface area contributed by atoms with E-state index in [-0.39, 0.29) is 36.2 Å². The molecule has 0 saturated carbocycles. The van der Waals surface area contributed by atoms with Gasteiger partial charge in [0.2, 0.25) is 11.8 Å². The maximum absolute atomic E-state index is 14.4. The highest BCUT2D eigenvalue weighted by atomic mass is 16.5. The summed E-state index contributed by atoms with van der Waals surface area (Å²) < 4.78 is 18.5. The smallest absolute Gasteiger partial charge is 0.249 e. The maximum Gasteiger partial charge on any atom is 0.249 e. The van der Waals surface area contributed by atoms with Gasteiger partial charge in [-0.2, -0.15) is 0 Å². The molecule has 0 bridgehead atoms. The summed E-state index contributed by atoms with van der Waals surface area (Å²) in [5, 5.41) is 11.3. The number of para-hydroxylation sites is 3. The molecule has 0 spiro atoms. The molecule has 1 aromatic heterocycles. The first-order chi connectivity index (χ1) is 20.4. The van der Waals surface area contributed by atoms with Gasteiger partial charge in [-0.15, -0.1) is 5.10 Å². The zero-order chi connectivity index (χ0) is 29.6. The number of hydrogen-bond acceptors (Lipinski definition) is 8. The lowest BCUT2D eigenvalue weighted by Crippen LogP contribution is -2.47. The number of fused-ring (bicyclic) bond motifs is 1. The molecule has 4 aromatic rings. The Balaban J connectivity index is 1.66. The highest BCUT2D eigenvalue weighted by Gasteiger charge is 2.37. The molecule has 1 N–H and O–H groups in total. The number of nitrogens with one attached hydrogen (secondary N) is 1. The van der Waals surface area contributed by atoms with Gasteiger partial charge in [0.25, 0.3) is 0 Å². The molecule has 2 amide bonds. The Labute approximate surface area is 243 Å². The number of ketones is 1. The van der Waals surface area contributed by atoms with Gasteiger partial charge in [0, 0.05) is 24.3 Å². The van der Waals surface area contributed by atoms with Gasteiger partial charge in [0.05, 0.1) is 31.5 Å². The van der Waals surface area contributed by atoms with Crippen LogP contribution in [0.1, 0.15) is 41.7 Å². The second-order valence-corrected chi connectivity index (χ2v) is 9.94. The van der Waals surface area contributed by atoms with Crippen LogP contribution < -0.4 is 19.7 Å². The molecule has 1 saturated heterocycles. The van der Waals surface area contributed by atoms with Gasteiger partial charge in [-0.05, 0) is 50.1 Å². The summed E-state index contributed by atoms with van der Waals surface area (Å²) in [6.07, 6.45) is 1.61. The molecule has 1 fully saturated rings. The van der Waals surface area contributed by atoms with E-state index in [0.29, 0.717) is 34.7 Å². The van der Waals surface area contributed by atoms with E-state index in [2.05, 4.69) is 15.6 Å². The molecule has 5 rings (SSSR count). The Morgan fingerprint density at radius 1 is 1.05 bits per heavy atom. The quantitative estimate of drug-likeness (QED) is 0.270. The molecular formula is C31H33N5O6. The number of hydrogen-bond donors (Lipinski definition) is 1. The van der Waals surface area contributed by atoms with E-state index < -0.39 is 17.9 Å². The third-order valence-corrected chi connectivity index (χ3v) is 7.28. The second-order valence-electron chi connectivity index (χ2n) is 9.94. The van der Waals surface area contributed by atoms with Gasteiger partial charge in [-0.25, -0.2) is 4.68 Å². The zero-order valence-electron chi connectivity index (χ0n) is 23.8. The Morgan fingerprint density at radius 3 is 2.57 bits per heavy atom. The van der Waals surface area contributed by atoms with Crippen LogP contribution in [0.3, 0.4) is 0 Å². The predicted octanol–water partition coefficient (Wildman–Crippen LogP) is 3.72. The monoisotopic (exact) mass is 571 g/mol. The molecule has 42 heavy (non-hydrogen) atoms. The Hall–Kier alpha value is -4.77. The summed E-state index contributed by atoms with van der Waals surface area (Å²) in [5.74, 6) is -0.526. The standard InChI is InChI=1S/C31H33N5O6/c1-20(37)22-11-4-6-14-25(22)36(28(38)19-35-26-15-7-5-13-24(26)33-34-35)29(31(39)32-18-21-10-9-17-42-21)23-12-8-16-27(40-2)30(23)41-3/h4-8,11-16,21,29H,9-10,17-19H2,1-3H3,(H,32,39)/t21-,29+/m1/s1. The Kier molecular flexibility index (Phi) is 8.77. The van der Waals surface area contributed by atoms with Crippen LogP contribution in [0.4, 0.5) is 5.69 Å². The molecule has 2 atom stereocenters. The first-order valence-corrected chi connectivity index (χ1v) is 13.7. The van der Waals surface area contributed by atoms with Crippen molar-refractivity contribution in [1.29, 1.82) is 0 Å². The van der Waals surface area contributed by atoms with E-state index >= 15 is 0 Å². The summed E-state index contributed by atoms with van der Waals surface area (Å²) in [7, 11) is 2.97. The van der Waals surface area contributed by atoms with Gasteiger partial charge in [-0.3, -0.25) is 19.3 Å². The van der Waals surface area contributed by atoms with Crippen LogP contribution in [-0.2, 0) is 20.9 Å². The highest BCUT2D eigenvalue weighted by Crippen LogP contribution is 2.40. The fourth-order valence-corrected chi connectivity index (χ4v) is 5.28. The summed E-state index contributed by atoms with van der Waals surface area (Å²) in [5.41, 5.74) is 2.23. The van der Waals surface area contributed by atoms with Crippen molar-refractivity contribution < 1.29 is 28.6 Å². The maximum atomic E-state index is 14.4. The highest BCUT2D eigenvalue weighted by molar-refractivity contribution is 6.08. The molecule has 2 heterocycles. The van der Waals surface area contributed by atoms with Crippen LogP contribution in [0.15, 0.2) is 66.7 Å². The molecule has 218 valence electrons. The number of ether oxygens (including phenoxy) is 3. The third-order valence-electron chi connectivity index (χ3n) is 7.28. The van der Waals surface area contributed by atoms with Crippen LogP contribution in [0, 0.1) is 0 Å². The molecule has 0 unspecified atom stereocenters. The van der Waals surface area contributed by atoms with Crippen molar-refractivity contribution >= 4 is 34.3 Å². The van der Waals surface area contributed by atoms with Crippen molar-refractivity contribution in [2.75, 3.05) is 32.3 Å². The fraction of sp³-hybridized carbons (Fsp3) is 0.323. The van der Waals surface area contributed by atoms with E-state index in [4.69, 9.17) is 14.2 Å². The number of amides is 2. The molecule has 0 radical (unpaired) electrons. The minimum Gasteiger partial charge on any atom is -0.493 e. The average molecular weight is 572 g/mol. The number of carbonyl (C=O) groups excluding carboxylic acids is 3. The van der Waals surface area contributed by atoms with Crippen molar-refractivity contribution in [2.24, 2.45) is 0 Å². The first kappa shape index (κ1) is 28.7. The largest absolute Gasteiger partial charge is 0.493 e. The molecule has 0 aliphatic carbocycles. The van der Waals surface area contributed by atoms with Gasteiger partial charge in [-0.1, -0.05) is 41.6 Å². The predicted molar refractivity (Wildman–Crippen MR) is 156 cm³/mol. The van der Waals surface area contributed by atoms with Crippen LogP contribution in [-0.4, -0.2) is 66.1 Å². The van der Waals surface area contributed by atoms with Gasteiger partial charge >= 0.3 is 0 Å². The lowest BCUT2D eigenvalue weighted by atomic mass is 9.99. The van der Waals surface area contributed by atoms with E-state index in [1.807, 2.05) is 18.2 Å². The van der Waals surface area contributed by atoms with Crippen molar-refractivity contribution in [3.05, 3.63) is 77.9 Å². The lowest BCUT2D eigenvalue weighted by Gasteiger charge is -2.33. The van der Waals surface area contributed by atoms with E-state index in [1.165, 1.54) is 30.7 Å². The average Bonchev–Trinajstić information content (AvgIpc) is 3.68. The third kappa shape index (κ3) is 5.82. The number of aromatic nitrogens is 3. The molecule has 1 aliphatic rings. The second kappa shape index (κ2) is 12.8. The molecule has 11 heteroatoms. The number of rotatable bonds is 11. The Morgan fingerprint density at radius 2 is 1.83 bits per heavy atom. The number of methoxy groups -OCH3 is 2. The number of benzene rings is 3. The number of nitrogens with zero attached hydrogens (tertiary/aromatic N) is 4. The molecule has 11 nitrogen and oxygen atoms in total. The Bertz CT molecular complexity index is 1600. The van der Waals surface area contributed by atoms with Crippen LogP contribution in [0.2, 0.25) is 0 Å². The van der Waals surface area contributed by atoms with Gasteiger partial charge in [0.1, 0.15) is 18.1 Å². The van der Waals surface area contributed by atoms with E-state index in [0.717, 1.165) is 12.8 Å².